The first-order valence-electron chi connectivity index (χ1n) is 9.62. The van der Waals surface area contributed by atoms with Crippen LogP contribution in [0.3, 0.4) is 0 Å². The molecule has 2 heterocycles. The van der Waals surface area contributed by atoms with Crippen LogP contribution in [0, 0.1) is 10.1 Å². The lowest BCUT2D eigenvalue weighted by Crippen LogP contribution is -2.50. The van der Waals surface area contributed by atoms with Gasteiger partial charge in [-0.2, -0.15) is 11.8 Å². The molecule has 1 aromatic rings. The number of ether oxygens (including phenoxy) is 2. The fraction of sp³-hybridized carbons (Fsp3) is 0.500. The third kappa shape index (κ3) is 4.45. The number of fused-ring (bicyclic) bond motifs is 1. The molecule has 1 fully saturated rings. The number of nitrogens with zero attached hydrogens (tertiary/aromatic N) is 2. The van der Waals surface area contributed by atoms with Crippen molar-refractivity contribution >= 4 is 29.3 Å². The van der Waals surface area contributed by atoms with Gasteiger partial charge in [0, 0.05) is 47.4 Å². The Bertz CT molecular complexity index is 823. The monoisotopic (exact) mass is 420 g/mol. The Morgan fingerprint density at radius 1 is 1.31 bits per heavy atom. The molecule has 1 amide bonds. The minimum Gasteiger partial charge on any atom is -0.459 e. The van der Waals surface area contributed by atoms with Gasteiger partial charge in [0.1, 0.15) is 12.6 Å². The topological polar surface area (TPSA) is 99.0 Å². The van der Waals surface area contributed by atoms with E-state index in [1.165, 1.54) is 12.1 Å². The van der Waals surface area contributed by atoms with Crippen molar-refractivity contribution in [1.29, 1.82) is 0 Å². The van der Waals surface area contributed by atoms with E-state index in [4.69, 9.17) is 9.47 Å². The smallest absolute Gasteiger partial charge is 0.330 e. The molecule has 2 aliphatic heterocycles. The Balaban J connectivity index is 1.65. The third-order valence-electron chi connectivity index (χ3n) is 5.03. The lowest BCUT2D eigenvalue weighted by molar-refractivity contribution is -0.384. The van der Waals surface area contributed by atoms with E-state index in [0.717, 1.165) is 17.0 Å². The molecule has 0 N–H and O–H groups in total. The summed E-state index contributed by atoms with van der Waals surface area (Å²) in [6, 6.07) is 5.22. The lowest BCUT2D eigenvalue weighted by Gasteiger charge is -2.34. The van der Waals surface area contributed by atoms with E-state index in [1.807, 2.05) is 13.8 Å². The second-order valence-electron chi connectivity index (χ2n) is 6.74. The normalized spacial score (nSPS) is 20.5. The van der Waals surface area contributed by atoms with Gasteiger partial charge in [0.2, 0.25) is 0 Å². The minimum absolute atomic E-state index is 0.00533. The molecular formula is C20H24N2O6S. The van der Waals surface area contributed by atoms with Gasteiger partial charge in [-0.3, -0.25) is 19.8 Å². The van der Waals surface area contributed by atoms with Crippen LogP contribution >= 0.6 is 11.8 Å². The van der Waals surface area contributed by atoms with Crippen molar-refractivity contribution in [3.05, 3.63) is 51.2 Å². The molecule has 0 saturated carbocycles. The molecule has 0 spiro atoms. The molecule has 1 saturated heterocycles. The number of allylic oxidation sites excluding steroid dienone is 1. The zero-order valence-corrected chi connectivity index (χ0v) is 17.3. The number of esters is 1. The average molecular weight is 420 g/mol. The van der Waals surface area contributed by atoms with Crippen LogP contribution in [-0.2, 0) is 25.7 Å². The van der Waals surface area contributed by atoms with Crippen LogP contribution in [0.4, 0.5) is 5.69 Å². The number of carbonyl (C=O) groups is 2. The van der Waals surface area contributed by atoms with E-state index in [2.05, 4.69) is 0 Å². The zero-order chi connectivity index (χ0) is 21.0. The summed E-state index contributed by atoms with van der Waals surface area (Å²) in [6.45, 7) is 5.11. The highest BCUT2D eigenvalue weighted by Crippen LogP contribution is 2.45. The van der Waals surface area contributed by atoms with Gasteiger partial charge in [-0.05, 0) is 31.0 Å². The summed E-state index contributed by atoms with van der Waals surface area (Å²) in [5, 5.41) is 10.7. The number of nitro groups is 1. The predicted molar refractivity (Wildman–Crippen MR) is 108 cm³/mol. The molecule has 2 unspecified atom stereocenters. The number of hydrogen-bond donors (Lipinski definition) is 0. The molecule has 9 heteroatoms. The van der Waals surface area contributed by atoms with E-state index in [1.54, 1.807) is 28.8 Å². The number of rotatable bonds is 10. The summed E-state index contributed by atoms with van der Waals surface area (Å²) in [5.74, 6) is 0.199. The Morgan fingerprint density at radius 3 is 2.66 bits per heavy atom. The molecular weight excluding hydrogens is 396 g/mol. The van der Waals surface area contributed by atoms with Crippen LogP contribution in [0.25, 0.3) is 0 Å². The Kier molecular flexibility index (Phi) is 6.92. The highest BCUT2D eigenvalue weighted by atomic mass is 32.2. The van der Waals surface area contributed by atoms with Gasteiger partial charge in [-0.1, -0.05) is 6.92 Å². The van der Waals surface area contributed by atoms with E-state index in [-0.39, 0.29) is 23.5 Å². The van der Waals surface area contributed by atoms with Crippen LogP contribution in [-0.4, -0.2) is 52.0 Å². The Morgan fingerprint density at radius 2 is 2.03 bits per heavy atom. The summed E-state index contributed by atoms with van der Waals surface area (Å²) in [6.07, 6.45) is 1.33. The van der Waals surface area contributed by atoms with Crippen LogP contribution < -0.4 is 0 Å². The first-order valence-corrected chi connectivity index (χ1v) is 10.7. The zero-order valence-electron chi connectivity index (χ0n) is 16.5. The number of benzene rings is 1. The fourth-order valence-corrected chi connectivity index (χ4v) is 4.79. The van der Waals surface area contributed by atoms with E-state index in [9.17, 15) is 19.7 Å². The average Bonchev–Trinajstić information content (AvgIpc) is 3.05. The molecule has 2 atom stereocenters. The second kappa shape index (κ2) is 9.41. The highest BCUT2D eigenvalue weighted by molar-refractivity contribution is 8.00. The summed E-state index contributed by atoms with van der Waals surface area (Å²) in [5.41, 5.74) is 2.38. The molecule has 0 aliphatic carbocycles. The fourth-order valence-electron chi connectivity index (χ4n) is 3.59. The van der Waals surface area contributed by atoms with E-state index >= 15 is 0 Å². The van der Waals surface area contributed by atoms with Crippen molar-refractivity contribution in [3.8, 4) is 0 Å². The first-order chi connectivity index (χ1) is 14.0. The minimum atomic E-state index is -0.641. The molecule has 156 valence electrons. The van der Waals surface area contributed by atoms with Crippen molar-refractivity contribution in [2.45, 2.75) is 44.6 Å². The summed E-state index contributed by atoms with van der Waals surface area (Å²) < 4.78 is 10.8. The number of amides is 1. The standard InChI is InChI=1S/C20H24N2O6S/c1-3-15-16-11-17(29-10-9-27-4-2)18(21(16)19(15)23)20(24)28-12-13-5-7-14(8-6-13)22(25)26/h5-8,17-18H,3-4,9-12H2,1-2H3. The van der Waals surface area contributed by atoms with Gasteiger partial charge in [-0.15, -0.1) is 0 Å². The van der Waals surface area contributed by atoms with Crippen molar-refractivity contribution in [3.63, 3.8) is 0 Å². The van der Waals surface area contributed by atoms with Gasteiger partial charge in [0.15, 0.2) is 0 Å². The quantitative estimate of drug-likeness (QED) is 0.248. The number of non-ortho nitro benzene ring substituents is 1. The van der Waals surface area contributed by atoms with Gasteiger partial charge < -0.3 is 9.47 Å². The molecule has 1 aromatic carbocycles. The lowest BCUT2D eigenvalue weighted by atomic mass is 10.0. The molecule has 2 aliphatic rings. The van der Waals surface area contributed by atoms with Gasteiger partial charge in [0.05, 0.1) is 11.5 Å². The largest absolute Gasteiger partial charge is 0.459 e. The van der Waals surface area contributed by atoms with Gasteiger partial charge in [0.25, 0.3) is 11.6 Å². The third-order valence-corrected chi connectivity index (χ3v) is 6.28. The Hall–Kier alpha value is -2.39. The van der Waals surface area contributed by atoms with Crippen LogP contribution in [0.1, 0.15) is 32.3 Å². The maximum atomic E-state index is 12.8. The maximum absolute atomic E-state index is 12.8. The van der Waals surface area contributed by atoms with Gasteiger partial charge in [-0.25, -0.2) is 4.79 Å². The molecule has 0 radical (unpaired) electrons. The summed E-state index contributed by atoms with van der Waals surface area (Å²) in [7, 11) is 0. The van der Waals surface area contributed by atoms with Crippen molar-refractivity contribution < 1.29 is 24.0 Å². The van der Waals surface area contributed by atoms with Crippen LogP contribution in [0.5, 0.6) is 0 Å². The van der Waals surface area contributed by atoms with Gasteiger partial charge >= 0.3 is 5.97 Å². The predicted octanol–water partition coefficient (Wildman–Crippen LogP) is 3.05. The number of nitro benzene ring substituents is 1. The van der Waals surface area contributed by atoms with Crippen LogP contribution in [0.2, 0.25) is 0 Å². The summed E-state index contributed by atoms with van der Waals surface area (Å²) in [4.78, 5) is 37.1. The number of thioether (sulfide) groups is 1. The maximum Gasteiger partial charge on any atom is 0.330 e. The second-order valence-corrected chi connectivity index (χ2v) is 8.09. The summed E-state index contributed by atoms with van der Waals surface area (Å²) >= 11 is 1.62. The molecule has 0 bridgehead atoms. The molecule has 8 nitrogen and oxygen atoms in total. The first kappa shape index (κ1) is 21.3. The molecule has 0 aromatic heterocycles. The van der Waals surface area contributed by atoms with Crippen molar-refractivity contribution in [2.75, 3.05) is 19.0 Å². The van der Waals surface area contributed by atoms with E-state index < -0.39 is 16.9 Å². The van der Waals surface area contributed by atoms with Crippen LogP contribution in [0.15, 0.2) is 35.5 Å². The van der Waals surface area contributed by atoms with Crippen molar-refractivity contribution in [1.82, 2.24) is 4.90 Å². The SMILES string of the molecule is CCOCCSC1CC2=C(CC)C(=O)N2C1C(=O)OCc1ccc([N+](=O)[O-])cc1. The molecule has 3 rings (SSSR count). The Labute approximate surface area is 173 Å². The van der Waals surface area contributed by atoms with Crippen molar-refractivity contribution in [2.24, 2.45) is 0 Å². The number of hydrogen-bond acceptors (Lipinski definition) is 7. The highest BCUT2D eigenvalue weighted by Gasteiger charge is 2.53. The van der Waals surface area contributed by atoms with E-state index in [0.29, 0.717) is 31.6 Å². The molecule has 29 heavy (non-hydrogen) atoms. The number of carbonyl (C=O) groups excluding carboxylic acids is 2.